The maximum Gasteiger partial charge on any atom is 0.225 e. The van der Waals surface area contributed by atoms with Crippen molar-refractivity contribution in [2.24, 2.45) is 0 Å². The van der Waals surface area contributed by atoms with E-state index in [1.54, 1.807) is 0 Å². The summed E-state index contributed by atoms with van der Waals surface area (Å²) < 4.78 is 6.22. The summed E-state index contributed by atoms with van der Waals surface area (Å²) in [6.07, 6.45) is 6.94. The number of aryl methyl sites for hydroxylation is 1. The van der Waals surface area contributed by atoms with Crippen LogP contribution in [-0.4, -0.2) is 84.7 Å². The third kappa shape index (κ3) is 4.51. The first-order valence-electron chi connectivity index (χ1n) is 9.64. The van der Waals surface area contributed by atoms with Gasteiger partial charge in [0.1, 0.15) is 0 Å². The number of anilines is 1. The quantitative estimate of drug-likeness (QED) is 0.785. The first kappa shape index (κ1) is 19.0. The summed E-state index contributed by atoms with van der Waals surface area (Å²) >= 11 is 0. The average molecular weight is 361 g/mol. The number of hydrogen-bond donors (Lipinski definition) is 0. The van der Waals surface area contributed by atoms with Crippen molar-refractivity contribution in [1.82, 2.24) is 19.8 Å². The number of ether oxygens (including phenoxy) is 1. The second-order valence-corrected chi connectivity index (χ2v) is 7.62. The molecule has 0 aliphatic carbocycles. The summed E-state index contributed by atoms with van der Waals surface area (Å²) in [5.74, 6) is 1.01. The number of carbonyl (C=O) groups is 1. The van der Waals surface area contributed by atoms with E-state index in [-0.39, 0.29) is 11.5 Å². The van der Waals surface area contributed by atoms with Gasteiger partial charge in [-0.1, -0.05) is 6.92 Å². The van der Waals surface area contributed by atoms with Gasteiger partial charge >= 0.3 is 0 Å². The zero-order chi connectivity index (χ0) is 18.6. The fourth-order valence-corrected chi connectivity index (χ4v) is 3.62. The number of nitrogens with zero attached hydrogens (tertiary/aromatic N) is 5. The summed E-state index contributed by atoms with van der Waals surface area (Å²) in [5.41, 5.74) is 0.835. The summed E-state index contributed by atoms with van der Waals surface area (Å²) in [6, 6.07) is 0. The molecule has 0 radical (unpaired) electrons. The van der Waals surface area contributed by atoms with Crippen LogP contribution in [-0.2, 0) is 16.0 Å². The van der Waals surface area contributed by atoms with E-state index in [0.717, 1.165) is 57.0 Å². The van der Waals surface area contributed by atoms with Gasteiger partial charge in [0.15, 0.2) is 0 Å². The minimum atomic E-state index is -0.316. The molecule has 1 aromatic rings. The summed E-state index contributed by atoms with van der Waals surface area (Å²) in [7, 11) is 4.07. The fourth-order valence-electron chi connectivity index (χ4n) is 3.62. The van der Waals surface area contributed by atoms with Crippen LogP contribution in [0.3, 0.4) is 0 Å². The normalized spacial score (nSPS) is 20.7. The molecule has 144 valence electrons. The molecule has 3 rings (SSSR count). The Hall–Kier alpha value is -1.73. The van der Waals surface area contributed by atoms with Gasteiger partial charge in [-0.2, -0.15) is 0 Å². The number of amides is 1. The lowest BCUT2D eigenvalue weighted by molar-refractivity contribution is -0.134. The summed E-state index contributed by atoms with van der Waals surface area (Å²) in [5, 5.41) is 0. The van der Waals surface area contributed by atoms with E-state index in [2.05, 4.69) is 26.7 Å². The number of likely N-dealkylation sites (N-methyl/N-ethyl adjacent to an activating group) is 1. The first-order valence-corrected chi connectivity index (χ1v) is 9.64. The van der Waals surface area contributed by atoms with Crippen molar-refractivity contribution in [3.63, 3.8) is 0 Å². The van der Waals surface area contributed by atoms with E-state index in [4.69, 9.17) is 4.74 Å². The minimum Gasteiger partial charge on any atom is -0.372 e. The highest BCUT2D eigenvalue weighted by molar-refractivity contribution is 5.77. The van der Waals surface area contributed by atoms with Crippen molar-refractivity contribution < 1.29 is 9.53 Å². The van der Waals surface area contributed by atoms with Crippen molar-refractivity contribution in [3.05, 3.63) is 18.0 Å². The van der Waals surface area contributed by atoms with Crippen LogP contribution < -0.4 is 4.90 Å². The van der Waals surface area contributed by atoms with Crippen molar-refractivity contribution in [1.29, 1.82) is 0 Å². The molecule has 0 unspecified atom stereocenters. The van der Waals surface area contributed by atoms with Crippen LogP contribution in [0.1, 0.15) is 31.7 Å². The van der Waals surface area contributed by atoms with Crippen molar-refractivity contribution in [2.75, 3.05) is 58.3 Å². The molecule has 0 saturated carbocycles. The SMILES string of the molecule is CCc1cnc(N2CCC3(CC2)CC(=O)N(CCN(C)C)CCO3)nc1. The molecule has 1 amide bonds. The van der Waals surface area contributed by atoms with E-state index in [1.165, 1.54) is 0 Å². The highest BCUT2D eigenvalue weighted by Crippen LogP contribution is 2.33. The Balaban J connectivity index is 1.58. The summed E-state index contributed by atoms with van der Waals surface area (Å²) in [6.45, 7) is 6.74. The lowest BCUT2D eigenvalue weighted by Gasteiger charge is -2.40. The maximum absolute atomic E-state index is 12.7. The number of carbonyl (C=O) groups excluding carboxylic acids is 1. The highest BCUT2D eigenvalue weighted by Gasteiger charge is 2.41. The van der Waals surface area contributed by atoms with Gasteiger partial charge in [-0.15, -0.1) is 0 Å². The van der Waals surface area contributed by atoms with Crippen molar-refractivity contribution in [3.8, 4) is 0 Å². The van der Waals surface area contributed by atoms with Gasteiger partial charge in [-0.25, -0.2) is 9.97 Å². The predicted molar refractivity (Wildman–Crippen MR) is 101 cm³/mol. The average Bonchev–Trinajstić information content (AvgIpc) is 2.79. The Bertz CT molecular complexity index is 596. The number of piperidine rings is 1. The van der Waals surface area contributed by atoms with Crippen LogP contribution in [0, 0.1) is 0 Å². The number of hydrogen-bond acceptors (Lipinski definition) is 6. The Kier molecular flexibility index (Phi) is 6.09. The molecule has 3 heterocycles. The van der Waals surface area contributed by atoms with Crippen molar-refractivity contribution in [2.45, 2.75) is 38.2 Å². The highest BCUT2D eigenvalue weighted by atomic mass is 16.5. The Morgan fingerprint density at radius 2 is 1.88 bits per heavy atom. The number of rotatable bonds is 5. The molecule has 7 heteroatoms. The second-order valence-electron chi connectivity index (χ2n) is 7.62. The van der Waals surface area contributed by atoms with Crippen LogP contribution in [0.25, 0.3) is 0 Å². The van der Waals surface area contributed by atoms with Crippen LogP contribution in [0.5, 0.6) is 0 Å². The first-order chi connectivity index (χ1) is 12.5. The largest absolute Gasteiger partial charge is 0.372 e. The monoisotopic (exact) mass is 361 g/mol. The van der Waals surface area contributed by atoms with E-state index in [9.17, 15) is 4.79 Å². The van der Waals surface area contributed by atoms with Gasteiger partial charge in [0.05, 0.1) is 18.6 Å². The molecule has 0 atom stereocenters. The lowest BCUT2D eigenvalue weighted by Crippen LogP contribution is -2.48. The lowest BCUT2D eigenvalue weighted by atomic mass is 9.87. The van der Waals surface area contributed by atoms with Gasteiger partial charge in [0.2, 0.25) is 11.9 Å². The number of aromatic nitrogens is 2. The van der Waals surface area contributed by atoms with Crippen LogP contribution >= 0.6 is 0 Å². The van der Waals surface area contributed by atoms with Gasteiger partial charge in [0.25, 0.3) is 0 Å². The molecule has 2 aliphatic heterocycles. The minimum absolute atomic E-state index is 0.223. The molecule has 0 bridgehead atoms. The Morgan fingerprint density at radius 1 is 1.19 bits per heavy atom. The van der Waals surface area contributed by atoms with E-state index >= 15 is 0 Å². The van der Waals surface area contributed by atoms with Gasteiger partial charge in [0, 0.05) is 45.1 Å². The zero-order valence-electron chi connectivity index (χ0n) is 16.3. The third-order valence-electron chi connectivity index (χ3n) is 5.47. The molecular weight excluding hydrogens is 330 g/mol. The molecule has 1 spiro atoms. The van der Waals surface area contributed by atoms with Gasteiger partial charge in [-0.05, 0) is 38.9 Å². The fraction of sp³-hybridized carbons (Fsp3) is 0.737. The molecule has 2 aliphatic rings. The second kappa shape index (κ2) is 8.31. The van der Waals surface area contributed by atoms with E-state index < -0.39 is 0 Å². The van der Waals surface area contributed by atoms with E-state index in [0.29, 0.717) is 19.6 Å². The van der Waals surface area contributed by atoms with Crippen LogP contribution in [0.2, 0.25) is 0 Å². The maximum atomic E-state index is 12.7. The molecule has 1 aromatic heterocycles. The van der Waals surface area contributed by atoms with Crippen molar-refractivity contribution >= 4 is 11.9 Å². The van der Waals surface area contributed by atoms with Gasteiger partial charge < -0.3 is 19.4 Å². The molecule has 2 saturated heterocycles. The van der Waals surface area contributed by atoms with Crippen LogP contribution in [0.15, 0.2) is 12.4 Å². The smallest absolute Gasteiger partial charge is 0.225 e. The Morgan fingerprint density at radius 3 is 2.50 bits per heavy atom. The molecule has 0 aromatic carbocycles. The third-order valence-corrected chi connectivity index (χ3v) is 5.47. The molecular formula is C19H31N5O2. The zero-order valence-corrected chi connectivity index (χ0v) is 16.3. The molecule has 0 N–H and O–H groups in total. The van der Waals surface area contributed by atoms with Gasteiger partial charge in [-0.3, -0.25) is 4.79 Å². The Labute approximate surface area is 156 Å². The molecule has 7 nitrogen and oxygen atoms in total. The predicted octanol–water partition coefficient (Wildman–Crippen LogP) is 1.19. The van der Waals surface area contributed by atoms with Crippen LogP contribution in [0.4, 0.5) is 5.95 Å². The standard InChI is InChI=1S/C19H31N5O2/c1-4-16-14-20-18(21-15-16)24-7-5-19(6-8-24)13-17(25)23(11-12-26-19)10-9-22(2)3/h14-15H,4-13H2,1-3H3. The molecule has 26 heavy (non-hydrogen) atoms. The molecule has 2 fully saturated rings. The summed E-state index contributed by atoms with van der Waals surface area (Å²) in [4.78, 5) is 27.9. The topological polar surface area (TPSA) is 61.8 Å². The van der Waals surface area contributed by atoms with E-state index in [1.807, 2.05) is 31.4 Å².